The Morgan fingerprint density at radius 2 is 1.95 bits per heavy atom. The number of hydrogen-bond donors (Lipinski definition) is 2. The van der Waals surface area contributed by atoms with E-state index < -0.39 is 0 Å². The Morgan fingerprint density at radius 1 is 1.23 bits per heavy atom. The topological polar surface area (TPSA) is 76.0 Å². The van der Waals surface area contributed by atoms with Crippen molar-refractivity contribution in [1.29, 1.82) is 0 Å². The van der Waals surface area contributed by atoms with Crippen LogP contribution in [0.3, 0.4) is 0 Å². The first kappa shape index (κ1) is 16.2. The number of para-hydroxylation sites is 1. The maximum Gasteiger partial charge on any atom is 0.243 e. The molecule has 2 rings (SSSR count). The van der Waals surface area contributed by atoms with Gasteiger partial charge in [0.1, 0.15) is 6.54 Å². The van der Waals surface area contributed by atoms with Gasteiger partial charge in [-0.1, -0.05) is 12.1 Å². The highest BCUT2D eigenvalue weighted by Gasteiger charge is 2.10. The van der Waals surface area contributed by atoms with Gasteiger partial charge in [0.2, 0.25) is 11.8 Å². The van der Waals surface area contributed by atoms with Crippen LogP contribution in [0.15, 0.2) is 34.8 Å². The molecule has 1 heterocycles. The Morgan fingerprint density at radius 3 is 2.59 bits per heavy atom. The molecule has 2 amide bonds. The van der Waals surface area contributed by atoms with E-state index in [2.05, 4.69) is 31.7 Å². The highest BCUT2D eigenvalue weighted by atomic mass is 79.9. The largest absolute Gasteiger partial charge is 0.345 e. The first-order valence-corrected chi connectivity index (χ1v) is 7.57. The summed E-state index contributed by atoms with van der Waals surface area (Å²) in [7, 11) is 0. The highest BCUT2D eigenvalue weighted by molar-refractivity contribution is 9.10. The Bertz CT molecular complexity index is 697. The Kier molecular flexibility index (Phi) is 5.32. The van der Waals surface area contributed by atoms with Gasteiger partial charge in [-0.2, -0.15) is 5.10 Å². The van der Waals surface area contributed by atoms with Gasteiger partial charge in [-0.05, 0) is 48.0 Å². The number of amides is 2. The van der Waals surface area contributed by atoms with E-state index >= 15 is 0 Å². The van der Waals surface area contributed by atoms with Gasteiger partial charge in [-0.25, -0.2) is 0 Å². The van der Waals surface area contributed by atoms with Gasteiger partial charge in [0, 0.05) is 10.2 Å². The average molecular weight is 365 g/mol. The van der Waals surface area contributed by atoms with Crippen molar-refractivity contribution >= 4 is 33.4 Å². The van der Waals surface area contributed by atoms with Crippen LogP contribution in [0.1, 0.15) is 11.4 Å². The van der Waals surface area contributed by atoms with Crippen molar-refractivity contribution in [3.63, 3.8) is 0 Å². The minimum absolute atomic E-state index is 0.0839. The van der Waals surface area contributed by atoms with Crippen molar-refractivity contribution in [2.45, 2.75) is 20.4 Å². The molecule has 7 heteroatoms. The number of hydrogen-bond acceptors (Lipinski definition) is 3. The third-order valence-corrected chi connectivity index (χ3v) is 3.68. The summed E-state index contributed by atoms with van der Waals surface area (Å²) in [6, 6.07) is 9.18. The normalized spacial score (nSPS) is 10.3. The van der Waals surface area contributed by atoms with E-state index in [1.807, 2.05) is 38.1 Å². The minimum Gasteiger partial charge on any atom is -0.345 e. The lowest BCUT2D eigenvalue weighted by Crippen LogP contribution is -2.35. The van der Waals surface area contributed by atoms with E-state index in [0.29, 0.717) is 5.69 Å². The van der Waals surface area contributed by atoms with Crippen LogP contribution in [0.2, 0.25) is 0 Å². The zero-order valence-corrected chi connectivity index (χ0v) is 14.0. The molecule has 0 aliphatic rings. The molecular weight excluding hydrogens is 348 g/mol. The molecule has 2 N–H and O–H groups in total. The summed E-state index contributed by atoms with van der Waals surface area (Å²) >= 11 is 3.35. The summed E-state index contributed by atoms with van der Waals surface area (Å²) in [5.74, 6) is -0.540. The van der Waals surface area contributed by atoms with Crippen LogP contribution in [0.4, 0.5) is 5.69 Å². The molecule has 0 bridgehead atoms. The molecule has 0 fully saturated rings. The summed E-state index contributed by atoms with van der Waals surface area (Å²) in [5, 5.41) is 9.51. The van der Waals surface area contributed by atoms with Gasteiger partial charge in [-0.3, -0.25) is 14.3 Å². The number of aromatic nitrogens is 2. The van der Waals surface area contributed by atoms with Gasteiger partial charge in [0.25, 0.3) is 0 Å². The number of benzene rings is 1. The molecule has 0 aliphatic heterocycles. The van der Waals surface area contributed by atoms with E-state index in [9.17, 15) is 9.59 Å². The first-order valence-electron chi connectivity index (χ1n) is 6.78. The van der Waals surface area contributed by atoms with Crippen LogP contribution >= 0.6 is 15.9 Å². The number of nitrogens with zero attached hydrogens (tertiary/aromatic N) is 2. The average Bonchev–Trinajstić information content (AvgIpc) is 2.77. The zero-order valence-electron chi connectivity index (χ0n) is 12.4. The maximum absolute atomic E-state index is 11.8. The molecule has 0 radical (unpaired) electrons. The molecule has 1 aromatic heterocycles. The second-order valence-electron chi connectivity index (χ2n) is 4.89. The van der Waals surface area contributed by atoms with Gasteiger partial charge < -0.3 is 10.6 Å². The number of rotatable bonds is 5. The molecule has 0 saturated heterocycles. The maximum atomic E-state index is 11.8. The van der Waals surface area contributed by atoms with Crippen molar-refractivity contribution < 1.29 is 9.59 Å². The van der Waals surface area contributed by atoms with Crippen molar-refractivity contribution in [1.82, 2.24) is 15.1 Å². The van der Waals surface area contributed by atoms with Crippen LogP contribution in [-0.2, 0) is 16.1 Å². The summed E-state index contributed by atoms with van der Waals surface area (Å²) in [5.41, 5.74) is 2.43. The lowest BCUT2D eigenvalue weighted by atomic mass is 10.3. The van der Waals surface area contributed by atoms with Crippen molar-refractivity contribution in [2.24, 2.45) is 0 Å². The number of nitrogens with one attached hydrogen (secondary N) is 2. The predicted molar refractivity (Wildman–Crippen MR) is 87.5 cm³/mol. The third kappa shape index (κ3) is 4.42. The van der Waals surface area contributed by atoms with Crippen LogP contribution in [-0.4, -0.2) is 28.1 Å². The molecule has 116 valence electrons. The predicted octanol–water partition coefficient (Wildman–Crippen LogP) is 2.02. The number of carbonyl (C=O) groups excluding carboxylic acids is 2. The molecule has 0 spiro atoms. The summed E-state index contributed by atoms with van der Waals surface area (Å²) in [6.45, 7) is 3.76. The Labute approximate surface area is 137 Å². The number of aryl methyl sites for hydroxylation is 2. The lowest BCUT2D eigenvalue weighted by Gasteiger charge is -2.09. The number of halogens is 1. The van der Waals surface area contributed by atoms with Gasteiger partial charge >= 0.3 is 0 Å². The quantitative estimate of drug-likeness (QED) is 0.851. The van der Waals surface area contributed by atoms with Gasteiger partial charge in [0.15, 0.2) is 0 Å². The fourth-order valence-corrected chi connectivity index (χ4v) is 2.35. The molecule has 0 saturated carbocycles. The molecule has 0 unspecified atom stereocenters. The first-order chi connectivity index (χ1) is 10.5. The molecule has 0 aliphatic carbocycles. The van der Waals surface area contributed by atoms with Crippen LogP contribution in [0.5, 0.6) is 0 Å². The monoisotopic (exact) mass is 364 g/mol. The third-order valence-electron chi connectivity index (χ3n) is 2.99. The molecule has 1 aromatic carbocycles. The standard InChI is InChI=1S/C15H17BrN4O2/c1-10-7-11(2)20(19-10)9-15(22)17-8-14(21)18-13-6-4-3-5-12(13)16/h3-7H,8-9H2,1-2H3,(H,17,22)(H,18,21). The second kappa shape index (κ2) is 7.22. The van der Waals surface area contributed by atoms with Crippen molar-refractivity contribution in [3.05, 3.63) is 46.2 Å². The summed E-state index contributed by atoms with van der Waals surface area (Å²) < 4.78 is 2.40. The second-order valence-corrected chi connectivity index (χ2v) is 5.74. The van der Waals surface area contributed by atoms with Gasteiger partial charge in [-0.15, -0.1) is 0 Å². The smallest absolute Gasteiger partial charge is 0.243 e. The molecule has 22 heavy (non-hydrogen) atoms. The lowest BCUT2D eigenvalue weighted by molar-refractivity contribution is -0.124. The highest BCUT2D eigenvalue weighted by Crippen LogP contribution is 2.20. The molecular formula is C15H17BrN4O2. The van der Waals surface area contributed by atoms with Crippen LogP contribution in [0, 0.1) is 13.8 Å². The zero-order chi connectivity index (χ0) is 16.1. The molecule has 0 atom stereocenters. The SMILES string of the molecule is Cc1cc(C)n(CC(=O)NCC(=O)Nc2ccccc2Br)n1. The van der Waals surface area contributed by atoms with E-state index in [1.165, 1.54) is 0 Å². The van der Waals surface area contributed by atoms with Crippen molar-refractivity contribution in [2.75, 3.05) is 11.9 Å². The number of anilines is 1. The van der Waals surface area contributed by atoms with E-state index in [4.69, 9.17) is 0 Å². The molecule has 2 aromatic rings. The van der Waals surface area contributed by atoms with Crippen LogP contribution in [0.25, 0.3) is 0 Å². The number of carbonyl (C=O) groups is 2. The minimum atomic E-state index is -0.284. The van der Waals surface area contributed by atoms with Gasteiger partial charge in [0.05, 0.1) is 17.9 Å². The van der Waals surface area contributed by atoms with E-state index in [1.54, 1.807) is 10.7 Å². The Balaban J connectivity index is 1.82. The summed E-state index contributed by atoms with van der Waals surface area (Å²) in [4.78, 5) is 23.7. The van der Waals surface area contributed by atoms with Crippen molar-refractivity contribution in [3.8, 4) is 0 Å². The summed E-state index contributed by atoms with van der Waals surface area (Å²) in [6.07, 6.45) is 0. The fraction of sp³-hybridized carbons (Fsp3) is 0.267. The van der Waals surface area contributed by atoms with E-state index in [-0.39, 0.29) is 24.9 Å². The van der Waals surface area contributed by atoms with E-state index in [0.717, 1.165) is 15.9 Å². The fourth-order valence-electron chi connectivity index (χ4n) is 1.96. The van der Waals surface area contributed by atoms with Crippen LogP contribution < -0.4 is 10.6 Å². The Hall–Kier alpha value is -2.15. The molecule has 6 nitrogen and oxygen atoms in total.